The summed E-state index contributed by atoms with van der Waals surface area (Å²) in [4.78, 5) is 13.7. The van der Waals surface area contributed by atoms with Crippen molar-refractivity contribution in [1.29, 1.82) is 0 Å². The molecule has 1 amide bonds. The molecule has 84 valence electrons. The van der Waals surface area contributed by atoms with Crippen LogP contribution in [0.3, 0.4) is 0 Å². The highest BCUT2D eigenvalue weighted by atomic mass is 35.5. The first-order chi connectivity index (χ1) is 7.75. The van der Waals surface area contributed by atoms with Gasteiger partial charge in [-0.05, 0) is 29.7 Å². The summed E-state index contributed by atoms with van der Waals surface area (Å²) in [5, 5.41) is 3.91. The summed E-state index contributed by atoms with van der Waals surface area (Å²) in [6.45, 7) is 2.13. The van der Waals surface area contributed by atoms with Gasteiger partial charge in [0, 0.05) is 18.1 Å². The van der Waals surface area contributed by atoms with Gasteiger partial charge in [-0.25, -0.2) is 0 Å². The van der Waals surface area contributed by atoms with Crippen LogP contribution in [0.2, 0.25) is 5.02 Å². The number of benzene rings is 1. The van der Waals surface area contributed by atoms with Crippen molar-refractivity contribution in [3.8, 4) is 0 Å². The number of nitrogens with one attached hydrogen (secondary N) is 1. The van der Waals surface area contributed by atoms with Crippen molar-refractivity contribution in [2.75, 3.05) is 19.6 Å². The van der Waals surface area contributed by atoms with Crippen LogP contribution in [0, 0.1) is 0 Å². The molecule has 2 aliphatic rings. The van der Waals surface area contributed by atoms with Crippen molar-refractivity contribution in [3.05, 3.63) is 34.3 Å². The number of fused-ring (bicyclic) bond motifs is 3. The lowest BCUT2D eigenvalue weighted by molar-refractivity contribution is -0.135. The zero-order valence-corrected chi connectivity index (χ0v) is 9.63. The molecule has 0 radical (unpaired) electrons. The lowest BCUT2D eigenvalue weighted by Crippen LogP contribution is -2.52. The molecule has 2 aliphatic heterocycles. The lowest BCUT2D eigenvalue weighted by atomic mass is 9.91. The number of nitrogens with zero attached hydrogens (tertiary/aromatic N) is 1. The molecule has 1 atom stereocenters. The van der Waals surface area contributed by atoms with E-state index in [1.807, 2.05) is 17.0 Å². The maximum Gasteiger partial charge on any atom is 0.237 e. The summed E-state index contributed by atoms with van der Waals surface area (Å²) in [5.74, 6) is 0.196. The zero-order valence-electron chi connectivity index (χ0n) is 8.87. The minimum atomic E-state index is 0.170. The molecule has 2 heterocycles. The number of hydrogen-bond donors (Lipinski definition) is 1. The average molecular weight is 237 g/mol. The first kappa shape index (κ1) is 10.1. The number of hydrogen-bond acceptors (Lipinski definition) is 2. The van der Waals surface area contributed by atoms with Gasteiger partial charge in [-0.1, -0.05) is 17.7 Å². The van der Waals surface area contributed by atoms with Gasteiger partial charge < -0.3 is 10.2 Å². The molecule has 0 unspecified atom stereocenters. The summed E-state index contributed by atoms with van der Waals surface area (Å²) in [6.07, 6.45) is 0.939. The monoisotopic (exact) mass is 236 g/mol. The molecule has 1 aromatic carbocycles. The second-order valence-electron chi connectivity index (χ2n) is 4.33. The summed E-state index contributed by atoms with van der Waals surface area (Å²) in [6, 6.07) is 6.17. The topological polar surface area (TPSA) is 32.3 Å². The van der Waals surface area contributed by atoms with E-state index in [-0.39, 0.29) is 11.9 Å². The second kappa shape index (κ2) is 3.75. The van der Waals surface area contributed by atoms with Crippen molar-refractivity contribution < 1.29 is 4.79 Å². The minimum Gasteiger partial charge on any atom is -0.333 e. The Bertz CT molecular complexity index is 447. The molecule has 0 saturated carbocycles. The fraction of sp³-hybridized carbons (Fsp3) is 0.417. The summed E-state index contributed by atoms with van der Waals surface area (Å²) >= 11 is 6.02. The number of rotatable bonds is 0. The van der Waals surface area contributed by atoms with Crippen LogP contribution in [-0.2, 0) is 11.2 Å². The van der Waals surface area contributed by atoms with Gasteiger partial charge in [0.1, 0.15) is 0 Å². The van der Waals surface area contributed by atoms with Crippen LogP contribution in [0.1, 0.15) is 17.2 Å². The van der Waals surface area contributed by atoms with E-state index in [1.165, 1.54) is 11.1 Å². The molecule has 3 rings (SSSR count). The van der Waals surface area contributed by atoms with Crippen LogP contribution in [-0.4, -0.2) is 30.4 Å². The number of carbonyl (C=O) groups excluding carboxylic acids is 1. The van der Waals surface area contributed by atoms with Crippen molar-refractivity contribution in [2.45, 2.75) is 12.5 Å². The number of piperazine rings is 1. The third-order valence-corrected chi connectivity index (χ3v) is 3.63. The maximum atomic E-state index is 11.8. The molecule has 1 N–H and O–H groups in total. The highest BCUT2D eigenvalue weighted by molar-refractivity contribution is 6.30. The van der Waals surface area contributed by atoms with Gasteiger partial charge in [-0.2, -0.15) is 0 Å². The molecule has 1 saturated heterocycles. The Labute approximate surface area is 99.4 Å². The molecule has 1 fully saturated rings. The van der Waals surface area contributed by atoms with E-state index >= 15 is 0 Å². The Kier molecular flexibility index (Phi) is 2.37. The fourth-order valence-corrected chi connectivity index (χ4v) is 2.78. The van der Waals surface area contributed by atoms with Crippen molar-refractivity contribution in [2.24, 2.45) is 0 Å². The first-order valence-corrected chi connectivity index (χ1v) is 5.92. The highest BCUT2D eigenvalue weighted by Crippen LogP contribution is 2.32. The number of amides is 1. The van der Waals surface area contributed by atoms with Crippen molar-refractivity contribution in [3.63, 3.8) is 0 Å². The Morgan fingerprint density at radius 1 is 1.44 bits per heavy atom. The quantitative estimate of drug-likeness (QED) is 0.738. The predicted octanol–water partition coefficient (Wildman–Crippen LogP) is 1.37. The summed E-state index contributed by atoms with van der Waals surface area (Å²) in [5.41, 5.74) is 2.53. The molecule has 0 spiro atoms. The first-order valence-electron chi connectivity index (χ1n) is 5.54. The van der Waals surface area contributed by atoms with Crippen LogP contribution >= 0.6 is 11.6 Å². The van der Waals surface area contributed by atoms with E-state index in [4.69, 9.17) is 11.6 Å². The SMILES string of the molecule is O=C1CNC[C@@H]2c3cc(Cl)ccc3CCN12. The molecule has 4 heteroatoms. The van der Waals surface area contributed by atoms with E-state index in [9.17, 15) is 4.79 Å². The van der Waals surface area contributed by atoms with Gasteiger partial charge in [-0.3, -0.25) is 4.79 Å². The van der Waals surface area contributed by atoms with Crippen LogP contribution in [0.15, 0.2) is 18.2 Å². The summed E-state index contributed by atoms with van der Waals surface area (Å²) in [7, 11) is 0. The molecule has 3 nitrogen and oxygen atoms in total. The highest BCUT2D eigenvalue weighted by Gasteiger charge is 2.33. The maximum absolute atomic E-state index is 11.8. The molecule has 0 bridgehead atoms. The van der Waals surface area contributed by atoms with Gasteiger partial charge >= 0.3 is 0 Å². The second-order valence-corrected chi connectivity index (χ2v) is 4.76. The third kappa shape index (κ3) is 1.51. The van der Waals surface area contributed by atoms with Gasteiger partial charge in [0.2, 0.25) is 5.91 Å². The van der Waals surface area contributed by atoms with Crippen LogP contribution in [0.5, 0.6) is 0 Å². The summed E-state index contributed by atoms with van der Waals surface area (Å²) < 4.78 is 0. The standard InChI is InChI=1S/C12H13ClN2O/c13-9-2-1-8-3-4-15-11(10(8)5-9)6-14-7-12(15)16/h1-2,5,11,14H,3-4,6-7H2/t11-/m1/s1. The fourth-order valence-electron chi connectivity index (χ4n) is 2.60. The van der Waals surface area contributed by atoms with E-state index < -0.39 is 0 Å². The Morgan fingerprint density at radius 2 is 2.31 bits per heavy atom. The lowest BCUT2D eigenvalue weighted by Gasteiger charge is -2.40. The van der Waals surface area contributed by atoms with Crippen molar-refractivity contribution >= 4 is 17.5 Å². The van der Waals surface area contributed by atoms with Crippen molar-refractivity contribution in [1.82, 2.24) is 10.2 Å². The Morgan fingerprint density at radius 3 is 3.19 bits per heavy atom. The minimum absolute atomic E-state index is 0.170. The largest absolute Gasteiger partial charge is 0.333 e. The van der Waals surface area contributed by atoms with Gasteiger partial charge in [0.05, 0.1) is 12.6 Å². The average Bonchev–Trinajstić information content (AvgIpc) is 2.29. The van der Waals surface area contributed by atoms with Crippen LogP contribution in [0.25, 0.3) is 0 Å². The van der Waals surface area contributed by atoms with Gasteiger partial charge in [0.15, 0.2) is 0 Å². The van der Waals surface area contributed by atoms with Crippen LogP contribution < -0.4 is 5.32 Å². The molecule has 16 heavy (non-hydrogen) atoms. The molecule has 0 aliphatic carbocycles. The van der Waals surface area contributed by atoms with E-state index in [2.05, 4.69) is 11.4 Å². The Hall–Kier alpha value is -1.06. The normalized spacial score (nSPS) is 23.9. The van der Waals surface area contributed by atoms with Crippen LogP contribution in [0.4, 0.5) is 0 Å². The molecule has 1 aromatic rings. The van der Waals surface area contributed by atoms with Gasteiger partial charge in [-0.15, -0.1) is 0 Å². The van der Waals surface area contributed by atoms with Gasteiger partial charge in [0.25, 0.3) is 0 Å². The number of halogens is 1. The molecular formula is C12H13ClN2O. The zero-order chi connectivity index (χ0) is 11.1. The molecule has 0 aromatic heterocycles. The number of carbonyl (C=O) groups is 1. The molecular weight excluding hydrogens is 224 g/mol. The third-order valence-electron chi connectivity index (χ3n) is 3.40. The Balaban J connectivity index is 2.04. The van der Waals surface area contributed by atoms with E-state index in [0.29, 0.717) is 6.54 Å². The predicted molar refractivity (Wildman–Crippen MR) is 62.5 cm³/mol. The van der Waals surface area contributed by atoms with E-state index in [0.717, 1.165) is 24.5 Å². The van der Waals surface area contributed by atoms with E-state index in [1.54, 1.807) is 0 Å². The smallest absolute Gasteiger partial charge is 0.237 e.